The predicted octanol–water partition coefficient (Wildman–Crippen LogP) is -3.59. The highest BCUT2D eigenvalue weighted by Gasteiger charge is 2.35. The van der Waals surface area contributed by atoms with Crippen LogP contribution in [0.25, 0.3) is 0 Å². The van der Waals surface area contributed by atoms with Crippen LogP contribution >= 0.6 is 0 Å². The summed E-state index contributed by atoms with van der Waals surface area (Å²) in [6.07, 6.45) is -5.58. The molecular weight excluding hydrogens is 246 g/mol. The first-order valence-electron chi connectivity index (χ1n) is 4.06. The molecule has 0 heterocycles. The second kappa shape index (κ2) is 6.20. The van der Waals surface area contributed by atoms with Gasteiger partial charge >= 0.3 is 10.4 Å². The Hall–Kier alpha value is -0.620. The van der Waals surface area contributed by atoms with Gasteiger partial charge in [-0.25, -0.2) is 4.18 Å². The fourth-order valence-electron chi connectivity index (χ4n) is 0.892. The lowest BCUT2D eigenvalue weighted by molar-refractivity contribution is -0.116. The molecule has 0 fully saturated rings. The molecule has 0 unspecified atom stereocenters. The zero-order chi connectivity index (χ0) is 12.9. The first-order chi connectivity index (χ1) is 7.22. The van der Waals surface area contributed by atoms with Crippen molar-refractivity contribution in [2.75, 3.05) is 6.61 Å². The van der Waals surface area contributed by atoms with Crippen LogP contribution in [0, 0.1) is 0 Å². The third kappa shape index (κ3) is 4.94. The van der Waals surface area contributed by atoms with Gasteiger partial charge in [0.15, 0.2) is 0 Å². The smallest absolute Gasteiger partial charge is 0.394 e. The number of hydrogen-bond acceptors (Lipinski definition) is 8. The molecule has 0 aliphatic carbocycles. The zero-order valence-electron chi connectivity index (χ0n) is 8.00. The van der Waals surface area contributed by atoms with Gasteiger partial charge in [0, 0.05) is 0 Å². The molecule has 6 N–H and O–H groups in total. The van der Waals surface area contributed by atoms with Gasteiger partial charge in [-0.15, -0.1) is 0 Å². The largest absolute Gasteiger partial charge is 0.397 e. The molecule has 0 aliphatic rings. The van der Waals surface area contributed by atoms with E-state index in [0.29, 0.717) is 0 Å². The van der Waals surface area contributed by atoms with Crippen molar-refractivity contribution in [1.82, 2.24) is 0 Å². The van der Waals surface area contributed by atoms with E-state index in [1.165, 1.54) is 0 Å². The maximum absolute atomic E-state index is 10.4. The van der Waals surface area contributed by atoms with Gasteiger partial charge in [-0.1, -0.05) is 0 Å². The molecule has 0 saturated heterocycles. The fourth-order valence-corrected chi connectivity index (χ4v) is 1.42. The lowest BCUT2D eigenvalue weighted by atomic mass is 10.0. The van der Waals surface area contributed by atoms with Crippen molar-refractivity contribution in [3.05, 3.63) is 0 Å². The maximum atomic E-state index is 10.4. The van der Waals surface area contributed by atoms with Gasteiger partial charge in [-0.2, -0.15) is 8.42 Å². The monoisotopic (exact) mass is 259 g/mol. The Morgan fingerprint density at radius 3 is 2.19 bits per heavy atom. The highest BCUT2D eigenvalue weighted by molar-refractivity contribution is 7.80. The summed E-state index contributed by atoms with van der Waals surface area (Å²) >= 11 is 0. The van der Waals surface area contributed by atoms with Crippen LogP contribution in [-0.2, 0) is 19.4 Å². The van der Waals surface area contributed by atoms with Gasteiger partial charge in [0.1, 0.15) is 24.6 Å². The van der Waals surface area contributed by atoms with Crippen LogP contribution in [0.2, 0.25) is 0 Å². The lowest BCUT2D eigenvalue weighted by Crippen LogP contribution is -2.51. The molecular formula is C6H13NO8S. The number of rotatable bonds is 7. The van der Waals surface area contributed by atoms with Crippen LogP contribution < -0.4 is 5.73 Å². The van der Waals surface area contributed by atoms with E-state index in [1.807, 2.05) is 0 Å². The van der Waals surface area contributed by atoms with Crippen LogP contribution in [-0.4, -0.2) is 65.5 Å². The summed E-state index contributed by atoms with van der Waals surface area (Å²) in [4.78, 5) is 10.2. The molecule has 4 atom stereocenters. The molecule has 0 saturated carbocycles. The average Bonchev–Trinajstić information content (AvgIpc) is 2.21. The molecule has 0 aliphatic heterocycles. The van der Waals surface area contributed by atoms with Crippen molar-refractivity contribution in [2.24, 2.45) is 5.73 Å². The quantitative estimate of drug-likeness (QED) is 0.229. The van der Waals surface area contributed by atoms with Crippen LogP contribution in [0.5, 0.6) is 0 Å². The molecule has 0 rings (SSSR count). The predicted molar refractivity (Wildman–Crippen MR) is 49.6 cm³/mol. The second-order valence-electron chi connectivity index (χ2n) is 2.94. The Balaban J connectivity index is 4.86. The molecule has 0 bridgehead atoms. The minimum Gasteiger partial charge on any atom is -0.394 e. The minimum absolute atomic E-state index is 0.0924. The molecule has 96 valence electrons. The highest BCUT2D eigenvalue weighted by atomic mass is 32.3. The van der Waals surface area contributed by atoms with E-state index < -0.39 is 41.4 Å². The Labute approximate surface area is 91.4 Å². The van der Waals surface area contributed by atoms with Crippen molar-refractivity contribution in [1.29, 1.82) is 0 Å². The van der Waals surface area contributed by atoms with Gasteiger partial charge in [0.05, 0.1) is 12.6 Å². The van der Waals surface area contributed by atoms with Gasteiger partial charge in [-0.05, 0) is 0 Å². The lowest BCUT2D eigenvalue weighted by Gasteiger charge is -2.26. The molecule has 0 aromatic carbocycles. The summed E-state index contributed by atoms with van der Waals surface area (Å²) in [7, 11) is -4.97. The highest BCUT2D eigenvalue weighted by Crippen LogP contribution is 2.10. The van der Waals surface area contributed by atoms with Gasteiger partial charge < -0.3 is 25.8 Å². The van der Waals surface area contributed by atoms with Crippen LogP contribution in [0.4, 0.5) is 0 Å². The average molecular weight is 259 g/mol. The summed E-state index contributed by atoms with van der Waals surface area (Å²) in [5, 5.41) is 27.0. The number of aliphatic hydroxyl groups is 3. The normalized spacial score (nSPS) is 19.8. The topological polar surface area (TPSA) is 167 Å². The van der Waals surface area contributed by atoms with E-state index in [4.69, 9.17) is 20.5 Å². The molecule has 16 heavy (non-hydrogen) atoms. The Kier molecular flexibility index (Phi) is 5.96. The number of nitrogens with two attached hydrogens (primary N) is 1. The summed E-state index contributed by atoms with van der Waals surface area (Å²) < 4.78 is 33.0. The van der Waals surface area contributed by atoms with Crippen LogP contribution in [0.3, 0.4) is 0 Å². The van der Waals surface area contributed by atoms with Crippen molar-refractivity contribution >= 4 is 16.7 Å². The molecule has 0 amide bonds. The molecule has 0 aromatic heterocycles. The Morgan fingerprint density at radius 1 is 1.38 bits per heavy atom. The van der Waals surface area contributed by atoms with Gasteiger partial charge in [-0.3, -0.25) is 4.55 Å². The summed E-state index contributed by atoms with van der Waals surface area (Å²) in [5.41, 5.74) is 5.06. The third-order valence-electron chi connectivity index (χ3n) is 1.69. The van der Waals surface area contributed by atoms with Gasteiger partial charge in [0.2, 0.25) is 0 Å². The molecule has 0 spiro atoms. The second-order valence-corrected chi connectivity index (χ2v) is 3.99. The van der Waals surface area contributed by atoms with Crippen molar-refractivity contribution in [3.63, 3.8) is 0 Å². The van der Waals surface area contributed by atoms with Crippen LogP contribution in [0.15, 0.2) is 0 Å². The fraction of sp³-hybridized carbons (Fsp3) is 0.833. The standard InChI is InChI=1S/C6H13NO8S/c7-3(1-8)5(11)6(4(10)2-9)15-16(12,13)14/h1,3-6,9-11H,2,7H2,(H,12,13,14)/t3-,4-,5-,6-/m1/s1. The van der Waals surface area contributed by atoms with Crippen molar-refractivity contribution in [2.45, 2.75) is 24.4 Å². The zero-order valence-corrected chi connectivity index (χ0v) is 8.82. The Bertz CT molecular complexity index is 316. The van der Waals surface area contributed by atoms with E-state index in [9.17, 15) is 18.3 Å². The number of carbonyl (C=O) groups excluding carboxylic acids is 1. The summed E-state index contributed by atoms with van der Waals surface area (Å²) in [5.74, 6) is 0. The van der Waals surface area contributed by atoms with E-state index >= 15 is 0 Å². The van der Waals surface area contributed by atoms with Crippen molar-refractivity contribution < 1.29 is 37.3 Å². The number of hydrogen-bond donors (Lipinski definition) is 5. The number of carbonyl (C=O) groups is 1. The number of aliphatic hydroxyl groups excluding tert-OH is 3. The summed E-state index contributed by atoms with van der Waals surface area (Å²) in [6.45, 7) is -0.956. The van der Waals surface area contributed by atoms with Gasteiger partial charge in [0.25, 0.3) is 0 Å². The van der Waals surface area contributed by atoms with E-state index in [-0.39, 0.29) is 6.29 Å². The van der Waals surface area contributed by atoms with Crippen LogP contribution in [0.1, 0.15) is 0 Å². The maximum Gasteiger partial charge on any atom is 0.397 e. The third-order valence-corrected chi connectivity index (χ3v) is 2.15. The molecule has 0 radical (unpaired) electrons. The Morgan fingerprint density at radius 2 is 1.88 bits per heavy atom. The van der Waals surface area contributed by atoms with E-state index in [0.717, 1.165) is 0 Å². The molecule has 10 heteroatoms. The van der Waals surface area contributed by atoms with E-state index in [1.54, 1.807) is 0 Å². The first-order valence-corrected chi connectivity index (χ1v) is 5.43. The molecule has 0 aromatic rings. The minimum atomic E-state index is -4.97. The SMILES string of the molecule is N[C@H](C=O)[C@@H](O)[C@H](OS(=O)(=O)O)[C@H](O)CO. The molecule has 9 nitrogen and oxygen atoms in total. The number of aldehydes is 1. The first kappa shape index (κ1) is 15.4. The van der Waals surface area contributed by atoms with E-state index in [2.05, 4.69) is 4.18 Å². The van der Waals surface area contributed by atoms with Crippen molar-refractivity contribution in [3.8, 4) is 0 Å². The summed E-state index contributed by atoms with van der Waals surface area (Å²) in [6, 6.07) is -1.53.